The van der Waals surface area contributed by atoms with Gasteiger partial charge in [-0.05, 0) is 67.5 Å². The molecule has 0 amide bonds. The minimum atomic E-state index is -0.635. The molecule has 0 aliphatic rings. The molecule has 0 heterocycles. The molecule has 0 aliphatic heterocycles. The van der Waals surface area contributed by atoms with E-state index in [1.54, 1.807) is 24.3 Å². The van der Waals surface area contributed by atoms with Gasteiger partial charge < -0.3 is 0 Å². The van der Waals surface area contributed by atoms with Gasteiger partial charge in [-0.25, -0.2) is 9.59 Å². The molecule has 6 heteroatoms. The van der Waals surface area contributed by atoms with Crippen molar-refractivity contribution in [2.75, 3.05) is 0 Å². The van der Waals surface area contributed by atoms with Crippen LogP contribution in [0.2, 0.25) is 0 Å². The van der Waals surface area contributed by atoms with Crippen molar-refractivity contribution in [2.45, 2.75) is 142 Å². The Balaban J connectivity index is 1.78. The molecular formula is C38H56O6. The summed E-state index contributed by atoms with van der Waals surface area (Å²) < 4.78 is 0. The van der Waals surface area contributed by atoms with E-state index in [0.29, 0.717) is 17.5 Å². The van der Waals surface area contributed by atoms with Gasteiger partial charge in [0.05, 0.1) is 11.1 Å². The molecule has 244 valence electrons. The number of hydrogen-bond acceptors (Lipinski definition) is 6. The lowest BCUT2D eigenvalue weighted by Gasteiger charge is -2.14. The quantitative estimate of drug-likeness (QED) is 0.0601. The topological polar surface area (TPSA) is 71.1 Å². The largest absolute Gasteiger partial charge is 0.373 e. The molecule has 0 unspecified atom stereocenters. The monoisotopic (exact) mass is 608 g/mol. The summed E-state index contributed by atoms with van der Waals surface area (Å²) in [6.07, 6.45) is 22.1. The highest BCUT2D eigenvalue weighted by molar-refractivity contribution is 5.89. The van der Waals surface area contributed by atoms with Crippen molar-refractivity contribution >= 4 is 11.9 Å². The molecule has 0 N–H and O–H groups in total. The van der Waals surface area contributed by atoms with Crippen LogP contribution in [0.15, 0.2) is 48.5 Å². The second-order valence-corrected chi connectivity index (χ2v) is 11.7. The van der Waals surface area contributed by atoms with E-state index in [1.165, 1.54) is 68.9 Å². The lowest BCUT2D eigenvalue weighted by Crippen LogP contribution is -2.16. The molecule has 0 aromatic heterocycles. The first kappa shape index (κ1) is 37.5. The number of rotatable bonds is 26. The molecule has 0 bridgehead atoms. The molecule has 0 saturated heterocycles. The van der Waals surface area contributed by atoms with Gasteiger partial charge in [-0.3, -0.25) is 9.78 Å². The van der Waals surface area contributed by atoms with E-state index in [4.69, 9.17) is 19.6 Å². The maximum Gasteiger partial charge on any atom is 0.373 e. The van der Waals surface area contributed by atoms with E-state index >= 15 is 0 Å². The SMILES string of the molecule is [CH2]CCCCCCCCCCCCCC[C](OOC(=O)c1ccc(CCCC)cc1)OOC(=O)c1ccc(CCCC)cc1. The number of unbranched alkanes of at least 4 members (excludes halogenated alkanes) is 14. The smallest absolute Gasteiger partial charge is 0.289 e. The van der Waals surface area contributed by atoms with Crippen LogP contribution in [-0.4, -0.2) is 11.9 Å². The predicted octanol–water partition coefficient (Wildman–Crippen LogP) is 11.0. The van der Waals surface area contributed by atoms with E-state index in [-0.39, 0.29) is 6.29 Å². The van der Waals surface area contributed by atoms with Crippen molar-refractivity contribution in [1.82, 2.24) is 0 Å². The lowest BCUT2D eigenvalue weighted by atomic mass is 10.0. The summed E-state index contributed by atoms with van der Waals surface area (Å²) in [6.45, 7) is 8.20. The fourth-order valence-corrected chi connectivity index (χ4v) is 4.95. The normalized spacial score (nSPS) is 11.2. The Bertz CT molecular complexity index is 933. The number of carbonyl (C=O) groups excluding carboxylic acids is 2. The number of aryl methyl sites for hydroxylation is 2. The predicted molar refractivity (Wildman–Crippen MR) is 176 cm³/mol. The molecule has 0 fully saturated rings. The zero-order valence-corrected chi connectivity index (χ0v) is 27.4. The van der Waals surface area contributed by atoms with Gasteiger partial charge >= 0.3 is 18.2 Å². The fraction of sp³-hybridized carbons (Fsp3) is 0.579. The minimum Gasteiger partial charge on any atom is -0.289 e. The van der Waals surface area contributed by atoms with E-state index < -0.39 is 11.9 Å². The van der Waals surface area contributed by atoms with Crippen molar-refractivity contribution in [3.05, 3.63) is 84.0 Å². The summed E-state index contributed by atoms with van der Waals surface area (Å²) in [5.41, 5.74) is 3.10. The number of hydrogen-bond donors (Lipinski definition) is 0. The molecule has 2 rings (SSSR count). The molecule has 0 spiro atoms. The van der Waals surface area contributed by atoms with Crippen molar-refractivity contribution in [1.29, 1.82) is 0 Å². The van der Waals surface area contributed by atoms with Crippen molar-refractivity contribution < 1.29 is 29.1 Å². The summed E-state index contributed by atoms with van der Waals surface area (Å²) in [4.78, 5) is 45.9. The van der Waals surface area contributed by atoms with Crippen molar-refractivity contribution in [3.8, 4) is 0 Å². The Morgan fingerprint density at radius 2 is 0.864 bits per heavy atom. The number of carbonyl (C=O) groups is 2. The molecule has 2 aromatic rings. The molecule has 0 atom stereocenters. The average molecular weight is 609 g/mol. The maximum absolute atomic E-state index is 12.6. The summed E-state index contributed by atoms with van der Waals surface area (Å²) in [6, 6.07) is 14.6. The number of benzene rings is 2. The van der Waals surface area contributed by atoms with Crippen LogP contribution in [0.5, 0.6) is 0 Å². The third-order valence-electron chi connectivity index (χ3n) is 7.82. The first-order valence-corrected chi connectivity index (χ1v) is 17.2. The highest BCUT2D eigenvalue weighted by Crippen LogP contribution is 2.20. The van der Waals surface area contributed by atoms with Crippen LogP contribution in [0, 0.1) is 13.2 Å². The zero-order chi connectivity index (χ0) is 31.7. The summed E-state index contributed by atoms with van der Waals surface area (Å²) in [7, 11) is 0. The van der Waals surface area contributed by atoms with Crippen LogP contribution in [0.4, 0.5) is 0 Å². The van der Waals surface area contributed by atoms with Gasteiger partial charge in [-0.1, -0.05) is 135 Å². The maximum atomic E-state index is 12.6. The second kappa shape index (κ2) is 24.6. The summed E-state index contributed by atoms with van der Waals surface area (Å²) >= 11 is 0. The lowest BCUT2D eigenvalue weighted by molar-refractivity contribution is -0.363. The summed E-state index contributed by atoms with van der Waals surface area (Å²) in [5.74, 6) is -1.27. The molecule has 2 radical (unpaired) electrons. The average Bonchev–Trinajstić information content (AvgIpc) is 3.05. The van der Waals surface area contributed by atoms with Crippen LogP contribution in [0.1, 0.15) is 161 Å². The van der Waals surface area contributed by atoms with Crippen LogP contribution in [-0.2, 0) is 32.4 Å². The molecule has 2 aromatic carbocycles. The highest BCUT2D eigenvalue weighted by Gasteiger charge is 2.21. The van der Waals surface area contributed by atoms with Gasteiger partial charge in [0, 0.05) is 6.42 Å². The van der Waals surface area contributed by atoms with E-state index in [2.05, 4.69) is 20.8 Å². The molecule has 44 heavy (non-hydrogen) atoms. The third-order valence-corrected chi connectivity index (χ3v) is 7.82. The second-order valence-electron chi connectivity index (χ2n) is 11.7. The van der Waals surface area contributed by atoms with Crippen LogP contribution in [0.3, 0.4) is 0 Å². The Morgan fingerprint density at radius 1 is 0.500 bits per heavy atom. The van der Waals surface area contributed by atoms with Gasteiger partial charge in [0.1, 0.15) is 0 Å². The molecule has 0 aliphatic carbocycles. The fourth-order valence-electron chi connectivity index (χ4n) is 4.95. The summed E-state index contributed by atoms with van der Waals surface area (Å²) in [5, 5.41) is 0. The van der Waals surface area contributed by atoms with Gasteiger partial charge in [-0.15, -0.1) is 9.78 Å². The van der Waals surface area contributed by atoms with E-state index in [1.807, 2.05) is 24.3 Å². The van der Waals surface area contributed by atoms with Crippen LogP contribution >= 0.6 is 0 Å². The Kier molecular flexibility index (Phi) is 21.0. The Morgan fingerprint density at radius 3 is 1.23 bits per heavy atom. The third kappa shape index (κ3) is 17.0. The van der Waals surface area contributed by atoms with Gasteiger partial charge in [0.2, 0.25) is 0 Å². The standard InChI is InChI=1S/C38H56O6/c1-4-7-10-11-12-13-14-15-16-17-18-19-20-23-36(41-43-37(39)34-28-24-32(25-29-34)21-8-5-2)42-44-38(40)35-30-26-33(27-31-35)22-9-6-3/h24-31H,1,4-23H2,2-3H3. The molecule has 6 nitrogen and oxygen atoms in total. The van der Waals surface area contributed by atoms with Gasteiger partial charge in [0.25, 0.3) is 0 Å². The van der Waals surface area contributed by atoms with Gasteiger partial charge in [0.15, 0.2) is 0 Å². The van der Waals surface area contributed by atoms with Crippen LogP contribution < -0.4 is 0 Å². The van der Waals surface area contributed by atoms with Gasteiger partial charge in [-0.2, -0.15) is 0 Å². The first-order chi connectivity index (χ1) is 21.6. The zero-order valence-electron chi connectivity index (χ0n) is 27.4. The van der Waals surface area contributed by atoms with Crippen molar-refractivity contribution in [3.63, 3.8) is 0 Å². The molecular weight excluding hydrogens is 552 g/mol. The van der Waals surface area contributed by atoms with Crippen molar-refractivity contribution in [2.24, 2.45) is 0 Å². The Hall–Kier alpha value is -2.70. The highest BCUT2D eigenvalue weighted by atomic mass is 17.3. The first-order valence-electron chi connectivity index (χ1n) is 17.2. The molecule has 0 saturated carbocycles. The van der Waals surface area contributed by atoms with E-state index in [9.17, 15) is 9.59 Å². The van der Waals surface area contributed by atoms with E-state index in [0.717, 1.165) is 64.2 Å². The Labute approximate surface area is 267 Å². The van der Waals surface area contributed by atoms with Crippen LogP contribution in [0.25, 0.3) is 0 Å². The minimum absolute atomic E-state index is 0.0512.